The molecule has 30 heavy (non-hydrogen) atoms. The van der Waals surface area contributed by atoms with Gasteiger partial charge in [-0.15, -0.1) is 0 Å². The predicted molar refractivity (Wildman–Crippen MR) is 112 cm³/mol. The van der Waals surface area contributed by atoms with Gasteiger partial charge in [0.2, 0.25) is 5.91 Å². The van der Waals surface area contributed by atoms with Crippen LogP contribution in [0.3, 0.4) is 0 Å². The third-order valence-corrected chi connectivity index (χ3v) is 5.75. The summed E-state index contributed by atoms with van der Waals surface area (Å²) < 4.78 is 1.67. The molecular formula is C20H28N8O2. The molecule has 0 radical (unpaired) electrons. The Balaban J connectivity index is 1.70. The lowest BCUT2D eigenvalue weighted by atomic mass is 10.0. The molecule has 160 valence electrons. The number of hydrogen-bond acceptors (Lipinski definition) is 8. The first-order chi connectivity index (χ1) is 14.2. The molecule has 1 fully saturated rings. The molecule has 4 rings (SSSR count). The van der Waals surface area contributed by atoms with Gasteiger partial charge in [0.05, 0.1) is 23.0 Å². The molecule has 2 aliphatic rings. The average Bonchev–Trinajstić information content (AvgIpc) is 3.29. The number of nitrogens with zero attached hydrogens (tertiary/aromatic N) is 6. The topological polar surface area (TPSA) is 125 Å². The highest BCUT2D eigenvalue weighted by Gasteiger charge is 2.40. The number of nitrogen functional groups attached to an aromatic ring is 1. The number of fused-ring (bicyclic) bond motifs is 1. The summed E-state index contributed by atoms with van der Waals surface area (Å²) in [7, 11) is 1.80. The van der Waals surface area contributed by atoms with Crippen LogP contribution in [0.4, 0.5) is 11.6 Å². The van der Waals surface area contributed by atoms with Gasteiger partial charge in [-0.1, -0.05) is 6.58 Å². The van der Waals surface area contributed by atoms with Crippen LogP contribution in [0.1, 0.15) is 49.7 Å². The van der Waals surface area contributed by atoms with E-state index in [9.17, 15) is 9.90 Å². The maximum absolute atomic E-state index is 12.1. The summed E-state index contributed by atoms with van der Waals surface area (Å²) >= 11 is 0. The highest BCUT2D eigenvalue weighted by molar-refractivity contribution is 5.87. The van der Waals surface area contributed by atoms with E-state index < -0.39 is 5.60 Å². The van der Waals surface area contributed by atoms with Crippen LogP contribution in [0.2, 0.25) is 0 Å². The number of hydrogen-bond donors (Lipinski definition) is 3. The molecular weight excluding hydrogens is 384 g/mol. The van der Waals surface area contributed by atoms with Gasteiger partial charge in [-0.3, -0.25) is 14.5 Å². The number of piperidine rings is 1. The summed E-state index contributed by atoms with van der Waals surface area (Å²) in [5.41, 5.74) is 10.9. The Morgan fingerprint density at radius 2 is 2.20 bits per heavy atom. The van der Waals surface area contributed by atoms with Gasteiger partial charge in [-0.2, -0.15) is 5.10 Å². The maximum Gasteiger partial charge on any atom is 0.246 e. The van der Waals surface area contributed by atoms with E-state index >= 15 is 0 Å². The number of likely N-dealkylation sites (tertiary alicyclic amines) is 1. The van der Waals surface area contributed by atoms with Crippen LogP contribution in [0.5, 0.6) is 0 Å². The molecule has 2 aliphatic heterocycles. The maximum atomic E-state index is 12.1. The van der Waals surface area contributed by atoms with Gasteiger partial charge in [0.25, 0.3) is 0 Å². The number of nitrogens with one attached hydrogen (secondary N) is 1. The lowest BCUT2D eigenvalue weighted by molar-refractivity contribution is -0.127. The zero-order valence-corrected chi connectivity index (χ0v) is 17.5. The minimum atomic E-state index is -1.03. The third-order valence-electron chi connectivity index (χ3n) is 5.75. The number of carbonyl (C=O) groups excluding carboxylic acids is 1. The molecule has 4 N–H and O–H groups in total. The molecule has 1 amide bonds. The number of rotatable bonds is 4. The second-order valence-corrected chi connectivity index (χ2v) is 8.35. The van der Waals surface area contributed by atoms with E-state index in [1.807, 2.05) is 11.1 Å². The lowest BCUT2D eigenvalue weighted by Gasteiger charge is -2.37. The zero-order chi connectivity index (χ0) is 21.6. The largest absolute Gasteiger partial charge is 0.384 e. The van der Waals surface area contributed by atoms with Gasteiger partial charge < -0.3 is 15.7 Å². The second kappa shape index (κ2) is 7.37. The minimum Gasteiger partial charge on any atom is -0.384 e. The number of anilines is 2. The number of aliphatic hydroxyl groups is 1. The van der Waals surface area contributed by atoms with Crippen LogP contribution < -0.4 is 16.2 Å². The van der Waals surface area contributed by atoms with Gasteiger partial charge in [0, 0.05) is 20.1 Å². The lowest BCUT2D eigenvalue weighted by Crippen LogP contribution is -2.53. The molecule has 0 saturated carbocycles. The molecule has 0 aromatic carbocycles. The van der Waals surface area contributed by atoms with Crippen molar-refractivity contribution in [3.8, 4) is 0 Å². The summed E-state index contributed by atoms with van der Waals surface area (Å²) in [6, 6.07) is 1.54. The zero-order valence-electron chi connectivity index (χ0n) is 17.5. The van der Waals surface area contributed by atoms with E-state index in [-0.39, 0.29) is 18.0 Å². The van der Waals surface area contributed by atoms with Gasteiger partial charge in [-0.25, -0.2) is 15.4 Å². The number of aromatic nitrogens is 4. The second-order valence-electron chi connectivity index (χ2n) is 8.35. The van der Waals surface area contributed by atoms with Crippen molar-refractivity contribution >= 4 is 17.5 Å². The van der Waals surface area contributed by atoms with Crippen LogP contribution in [-0.2, 0) is 17.4 Å². The first-order valence-electron chi connectivity index (χ1n) is 10.0. The molecule has 10 nitrogen and oxygen atoms in total. The van der Waals surface area contributed by atoms with Crippen molar-refractivity contribution in [1.82, 2.24) is 30.1 Å². The highest BCUT2D eigenvalue weighted by Crippen LogP contribution is 2.40. The molecule has 0 bridgehead atoms. The standard InChI is InChI=1S/C20H28N8O2/c1-5-15(29)27-8-6-7-12(10-27)28-19-16(18(21)22-11-23-19)17(25-28)13-9-14(20(2,3)30)26(4)24-13/h5,9,11-12,17,25,30H,1,6-8,10H2,2-4H3,(H2,21,22,23). The average molecular weight is 412 g/mol. The van der Waals surface area contributed by atoms with Gasteiger partial charge in [0.15, 0.2) is 5.82 Å². The van der Waals surface area contributed by atoms with Crippen LogP contribution >= 0.6 is 0 Å². The van der Waals surface area contributed by atoms with Crippen molar-refractivity contribution in [3.05, 3.63) is 42.0 Å². The fourth-order valence-corrected chi connectivity index (χ4v) is 4.32. The molecule has 4 heterocycles. The Morgan fingerprint density at radius 3 is 2.87 bits per heavy atom. The van der Waals surface area contributed by atoms with E-state index in [1.54, 1.807) is 30.5 Å². The predicted octanol–water partition coefficient (Wildman–Crippen LogP) is 0.611. The Labute approximate surface area is 175 Å². The monoisotopic (exact) mass is 412 g/mol. The summed E-state index contributed by atoms with van der Waals surface area (Å²) in [4.78, 5) is 22.6. The number of aryl methyl sites for hydroxylation is 1. The van der Waals surface area contributed by atoms with E-state index in [0.717, 1.165) is 24.1 Å². The van der Waals surface area contributed by atoms with Crippen LogP contribution in [-0.4, -0.2) is 54.8 Å². The van der Waals surface area contributed by atoms with Gasteiger partial charge in [-0.05, 0) is 38.8 Å². The minimum absolute atomic E-state index is 0.0261. The third kappa shape index (κ3) is 3.41. The fourth-order valence-electron chi connectivity index (χ4n) is 4.32. The highest BCUT2D eigenvalue weighted by atomic mass is 16.3. The van der Waals surface area contributed by atoms with E-state index in [0.29, 0.717) is 30.4 Å². The van der Waals surface area contributed by atoms with Gasteiger partial charge in [0.1, 0.15) is 23.8 Å². The summed E-state index contributed by atoms with van der Waals surface area (Å²) in [6.45, 7) is 8.32. The summed E-state index contributed by atoms with van der Waals surface area (Å²) in [5, 5.41) is 17.0. The molecule has 2 unspecified atom stereocenters. The molecule has 10 heteroatoms. The van der Waals surface area contributed by atoms with Crippen molar-refractivity contribution in [3.63, 3.8) is 0 Å². The first-order valence-corrected chi connectivity index (χ1v) is 10.0. The number of amides is 1. The van der Waals surface area contributed by atoms with Crippen molar-refractivity contribution < 1.29 is 9.90 Å². The smallest absolute Gasteiger partial charge is 0.246 e. The van der Waals surface area contributed by atoms with Crippen molar-refractivity contribution in [2.45, 2.75) is 44.4 Å². The Hall–Kier alpha value is -2.98. The molecule has 0 aliphatic carbocycles. The number of nitrogens with two attached hydrogens (primary N) is 1. The van der Waals surface area contributed by atoms with Crippen LogP contribution in [0, 0.1) is 0 Å². The van der Waals surface area contributed by atoms with Crippen molar-refractivity contribution in [2.24, 2.45) is 7.05 Å². The molecule has 2 atom stereocenters. The number of hydrazine groups is 1. The Morgan fingerprint density at radius 1 is 1.43 bits per heavy atom. The summed E-state index contributed by atoms with van der Waals surface area (Å²) in [6.07, 6.45) is 4.58. The van der Waals surface area contributed by atoms with Gasteiger partial charge >= 0.3 is 0 Å². The van der Waals surface area contributed by atoms with E-state index in [2.05, 4.69) is 27.1 Å². The van der Waals surface area contributed by atoms with E-state index in [4.69, 9.17) is 5.73 Å². The Bertz CT molecular complexity index is 980. The fraction of sp³-hybridized carbons (Fsp3) is 0.500. The van der Waals surface area contributed by atoms with Crippen molar-refractivity contribution in [2.75, 3.05) is 23.8 Å². The SMILES string of the molecule is C=CC(=O)N1CCCC(N2NC(c3cc(C(C)(C)O)n(C)n3)c3c(N)ncnc32)C1. The van der Waals surface area contributed by atoms with E-state index in [1.165, 1.54) is 12.4 Å². The van der Waals surface area contributed by atoms with Crippen LogP contribution in [0.25, 0.3) is 0 Å². The Kier molecular flexibility index (Phi) is 4.99. The van der Waals surface area contributed by atoms with Crippen molar-refractivity contribution in [1.29, 1.82) is 0 Å². The molecule has 2 aromatic rings. The number of carbonyl (C=O) groups is 1. The molecule has 1 saturated heterocycles. The molecule has 2 aromatic heterocycles. The normalized spacial score (nSPS) is 21.6. The van der Waals surface area contributed by atoms with Crippen LogP contribution in [0.15, 0.2) is 25.0 Å². The molecule has 0 spiro atoms. The summed E-state index contributed by atoms with van der Waals surface area (Å²) in [5.74, 6) is 1.00. The first kappa shape index (κ1) is 20.3. The quantitative estimate of drug-likeness (QED) is 0.624.